The molecule has 1 N–H and O–H groups in total. The molecule has 0 radical (unpaired) electrons. The Kier molecular flexibility index (Phi) is 4.86. The number of rotatable bonds is 4. The molecule has 96 valence electrons. The molecule has 0 amide bonds. The Morgan fingerprint density at radius 3 is 2.06 bits per heavy atom. The van der Waals surface area contributed by atoms with E-state index in [0.29, 0.717) is 0 Å². The maximum absolute atomic E-state index is 12.3. The van der Waals surface area contributed by atoms with Gasteiger partial charge in [0, 0.05) is 4.92 Å². The molecule has 0 fully saturated rings. The highest BCUT2D eigenvalue weighted by Gasteiger charge is 2.45. The third-order valence-corrected chi connectivity index (χ3v) is 3.14. The minimum atomic E-state index is -4.80. The molecule has 0 aliphatic carbocycles. The first-order valence-corrected chi connectivity index (χ1v) is 5.46. The van der Waals surface area contributed by atoms with E-state index in [1.807, 2.05) is 0 Å². The molecule has 0 heterocycles. The van der Waals surface area contributed by atoms with Crippen LogP contribution in [0, 0.1) is 10.1 Å². The highest BCUT2D eigenvalue weighted by Crippen LogP contribution is 2.22. The Labute approximate surface area is 93.1 Å². The standard InChI is InChI=1S/C7H13F3N2O3S/c1-6(2,3)16(15)11-5(4-12(13)14)7(8,9)10/h5,11H,4H2,1-3H3/t5-,16-/m1/s1. The molecule has 9 heteroatoms. The maximum Gasteiger partial charge on any atom is 0.411 e. The van der Waals surface area contributed by atoms with Crippen LogP contribution in [0.1, 0.15) is 20.8 Å². The summed E-state index contributed by atoms with van der Waals surface area (Å²) in [6, 6.07) is -2.40. The van der Waals surface area contributed by atoms with Gasteiger partial charge in [-0.15, -0.1) is 0 Å². The van der Waals surface area contributed by atoms with Crippen LogP contribution >= 0.6 is 0 Å². The van der Waals surface area contributed by atoms with Crippen molar-refractivity contribution >= 4 is 11.0 Å². The highest BCUT2D eigenvalue weighted by molar-refractivity contribution is 7.84. The first-order valence-electron chi connectivity index (χ1n) is 4.31. The Hall–Kier alpha value is -0.700. The van der Waals surface area contributed by atoms with Gasteiger partial charge in [-0.1, -0.05) is 0 Å². The predicted molar refractivity (Wildman–Crippen MR) is 52.7 cm³/mol. The van der Waals surface area contributed by atoms with E-state index >= 15 is 0 Å². The number of hydrogen-bond acceptors (Lipinski definition) is 3. The van der Waals surface area contributed by atoms with Crippen LogP contribution in [0.3, 0.4) is 0 Å². The third kappa shape index (κ3) is 5.40. The van der Waals surface area contributed by atoms with Gasteiger partial charge in [0.25, 0.3) is 0 Å². The molecular formula is C7H13F3N2O3S. The summed E-state index contributed by atoms with van der Waals surface area (Å²) in [5.74, 6) is 0. The summed E-state index contributed by atoms with van der Waals surface area (Å²) in [4.78, 5) is 8.96. The van der Waals surface area contributed by atoms with Crippen LogP contribution in [0.15, 0.2) is 0 Å². The normalized spacial score (nSPS) is 16.9. The van der Waals surface area contributed by atoms with Gasteiger partial charge in [-0.3, -0.25) is 10.1 Å². The molecule has 0 bridgehead atoms. The molecule has 5 nitrogen and oxygen atoms in total. The summed E-state index contributed by atoms with van der Waals surface area (Å²) in [7, 11) is -2.00. The van der Waals surface area contributed by atoms with Gasteiger partial charge in [0.1, 0.15) is 0 Å². The lowest BCUT2D eigenvalue weighted by atomic mass is 10.3. The van der Waals surface area contributed by atoms with Crippen LogP contribution in [0.2, 0.25) is 0 Å². The predicted octanol–water partition coefficient (Wildman–Crippen LogP) is 1.25. The van der Waals surface area contributed by atoms with Crippen molar-refractivity contribution in [1.82, 2.24) is 4.72 Å². The number of nitrogens with one attached hydrogen (secondary N) is 1. The smallest absolute Gasteiger partial charge is 0.264 e. The number of nitro groups is 1. The summed E-state index contributed by atoms with van der Waals surface area (Å²) in [6.07, 6.45) is -4.80. The van der Waals surface area contributed by atoms with Gasteiger partial charge in [0.2, 0.25) is 6.54 Å². The zero-order chi connectivity index (χ0) is 13.1. The average Bonchev–Trinajstić information content (AvgIpc) is 1.98. The van der Waals surface area contributed by atoms with Crippen molar-refractivity contribution in [2.45, 2.75) is 37.7 Å². The van der Waals surface area contributed by atoms with Gasteiger partial charge in [-0.25, -0.2) is 8.93 Å². The van der Waals surface area contributed by atoms with Gasteiger partial charge in [-0.2, -0.15) is 13.2 Å². The van der Waals surface area contributed by atoms with Crippen molar-refractivity contribution in [2.24, 2.45) is 0 Å². The van der Waals surface area contributed by atoms with Crippen LogP contribution in [-0.4, -0.2) is 32.6 Å². The lowest BCUT2D eigenvalue weighted by Crippen LogP contribution is -2.50. The molecule has 0 aromatic heterocycles. The lowest BCUT2D eigenvalue weighted by molar-refractivity contribution is -0.490. The Morgan fingerprint density at radius 1 is 1.38 bits per heavy atom. The Balaban J connectivity index is 4.70. The van der Waals surface area contributed by atoms with E-state index in [9.17, 15) is 27.5 Å². The van der Waals surface area contributed by atoms with Crippen molar-refractivity contribution in [3.63, 3.8) is 0 Å². The van der Waals surface area contributed by atoms with Crippen LogP contribution in [0.5, 0.6) is 0 Å². The topological polar surface area (TPSA) is 72.2 Å². The first-order chi connectivity index (χ1) is 6.94. The summed E-state index contributed by atoms with van der Waals surface area (Å²) in [6.45, 7) is 3.06. The van der Waals surface area contributed by atoms with Crippen molar-refractivity contribution < 1.29 is 22.3 Å². The maximum atomic E-state index is 12.3. The molecule has 2 atom stereocenters. The van der Waals surface area contributed by atoms with E-state index in [0.717, 1.165) is 0 Å². The molecule has 0 aromatic carbocycles. The summed E-state index contributed by atoms with van der Waals surface area (Å²) < 4.78 is 49.2. The molecule has 16 heavy (non-hydrogen) atoms. The number of alkyl halides is 3. The number of nitrogens with zero attached hydrogens (tertiary/aromatic N) is 1. The fourth-order valence-corrected chi connectivity index (χ4v) is 1.48. The van der Waals surface area contributed by atoms with Gasteiger partial charge in [-0.05, 0) is 20.8 Å². The average molecular weight is 262 g/mol. The quantitative estimate of drug-likeness (QED) is 0.612. The molecule has 0 unspecified atom stereocenters. The second kappa shape index (κ2) is 5.09. The minimum Gasteiger partial charge on any atom is -0.264 e. The molecule has 0 aliphatic rings. The van der Waals surface area contributed by atoms with Crippen LogP contribution < -0.4 is 4.72 Å². The second-order valence-electron chi connectivity index (χ2n) is 4.11. The van der Waals surface area contributed by atoms with Crippen molar-refractivity contribution in [3.05, 3.63) is 10.1 Å². The van der Waals surface area contributed by atoms with Gasteiger partial charge >= 0.3 is 6.18 Å². The highest BCUT2D eigenvalue weighted by atomic mass is 32.2. The Morgan fingerprint density at radius 2 is 1.81 bits per heavy atom. The zero-order valence-electron chi connectivity index (χ0n) is 9.00. The van der Waals surface area contributed by atoms with E-state index in [2.05, 4.69) is 0 Å². The largest absolute Gasteiger partial charge is 0.411 e. The second-order valence-corrected chi connectivity index (χ2v) is 6.11. The third-order valence-electron chi connectivity index (χ3n) is 1.53. The minimum absolute atomic E-state index is 0.917. The van der Waals surface area contributed by atoms with Crippen LogP contribution in [0.25, 0.3) is 0 Å². The molecule has 0 saturated heterocycles. The molecular weight excluding hydrogens is 249 g/mol. The fraction of sp³-hybridized carbons (Fsp3) is 1.00. The number of hydrogen-bond donors (Lipinski definition) is 1. The van der Waals surface area contributed by atoms with Gasteiger partial charge < -0.3 is 0 Å². The summed E-state index contributed by atoms with van der Waals surface area (Å²) in [5.41, 5.74) is 0. The van der Waals surface area contributed by atoms with Crippen LogP contribution in [0.4, 0.5) is 13.2 Å². The molecule has 0 spiro atoms. The monoisotopic (exact) mass is 262 g/mol. The summed E-state index contributed by atoms with van der Waals surface area (Å²) in [5, 5.41) is 10.1. The first kappa shape index (κ1) is 15.3. The van der Waals surface area contributed by atoms with Crippen molar-refractivity contribution in [3.8, 4) is 0 Å². The zero-order valence-corrected chi connectivity index (χ0v) is 9.82. The van der Waals surface area contributed by atoms with E-state index in [-0.39, 0.29) is 0 Å². The van der Waals surface area contributed by atoms with Crippen LogP contribution in [-0.2, 0) is 11.0 Å². The summed E-state index contributed by atoms with van der Waals surface area (Å²) >= 11 is 0. The van der Waals surface area contributed by atoms with E-state index in [1.54, 1.807) is 4.72 Å². The molecule has 0 saturated carbocycles. The lowest BCUT2D eigenvalue weighted by Gasteiger charge is -2.23. The van der Waals surface area contributed by atoms with Crippen molar-refractivity contribution in [2.75, 3.05) is 6.54 Å². The molecule has 0 rings (SSSR count). The fourth-order valence-electron chi connectivity index (χ4n) is 0.663. The SMILES string of the molecule is CC(C)(C)[S@@](=O)N[C@H](C[N+](=O)[O-])C(F)(F)F. The van der Waals surface area contributed by atoms with E-state index in [4.69, 9.17) is 0 Å². The van der Waals surface area contributed by atoms with Crippen molar-refractivity contribution in [1.29, 1.82) is 0 Å². The van der Waals surface area contributed by atoms with Gasteiger partial charge in [0.05, 0.1) is 15.7 Å². The van der Waals surface area contributed by atoms with E-state index in [1.165, 1.54) is 20.8 Å². The molecule has 0 aliphatic heterocycles. The van der Waals surface area contributed by atoms with Gasteiger partial charge in [0.15, 0.2) is 6.04 Å². The number of halogens is 3. The Bertz CT molecular complexity index is 288. The molecule has 0 aromatic rings. The van der Waals surface area contributed by atoms with E-state index < -0.39 is 39.4 Å².